The zero-order valence-electron chi connectivity index (χ0n) is 30.2. The monoisotopic (exact) mass is 710 g/mol. The van der Waals surface area contributed by atoms with Gasteiger partial charge in [-0.3, -0.25) is 0 Å². The lowest BCUT2D eigenvalue weighted by Crippen LogP contribution is -2.23. The highest BCUT2D eigenvalue weighted by atomic mass is 16.5. The van der Waals surface area contributed by atoms with Crippen molar-refractivity contribution in [1.82, 2.24) is 10.6 Å². The van der Waals surface area contributed by atoms with Crippen LogP contribution in [0.3, 0.4) is 0 Å². The average molecular weight is 711 g/mol. The van der Waals surface area contributed by atoms with Crippen LogP contribution >= 0.6 is 0 Å². The van der Waals surface area contributed by atoms with E-state index in [9.17, 15) is 30.6 Å². The number of aromatic hydroxyl groups is 2. The van der Waals surface area contributed by atoms with Crippen molar-refractivity contribution in [2.75, 3.05) is 46.0 Å². The van der Waals surface area contributed by atoms with Gasteiger partial charge in [-0.25, -0.2) is 0 Å². The van der Waals surface area contributed by atoms with Crippen molar-refractivity contribution < 1.29 is 40.1 Å². The summed E-state index contributed by atoms with van der Waals surface area (Å²) in [4.78, 5) is 0. The Labute approximate surface area is 304 Å². The molecule has 284 valence electrons. The van der Waals surface area contributed by atoms with Gasteiger partial charge < -0.3 is 50.7 Å². The summed E-state index contributed by atoms with van der Waals surface area (Å²) in [6.07, 6.45) is 10.1. The Morgan fingerprint density at radius 3 is 1.67 bits per heavy atom. The van der Waals surface area contributed by atoms with Crippen molar-refractivity contribution in [1.29, 1.82) is 0 Å². The molecule has 3 aromatic carbocycles. The van der Waals surface area contributed by atoms with E-state index < -0.39 is 12.2 Å². The lowest BCUT2D eigenvalue weighted by Gasteiger charge is -2.18. The minimum Gasteiger partial charge on any atom is -0.508 e. The number of hydrogen-bond donors (Lipinski definition) is 8. The predicted octanol–water partition coefficient (Wildman–Crippen LogP) is 5.57. The van der Waals surface area contributed by atoms with Gasteiger partial charge in [0.15, 0.2) is 0 Å². The molecule has 10 heteroatoms. The van der Waals surface area contributed by atoms with Crippen molar-refractivity contribution in [2.45, 2.75) is 102 Å². The zero-order chi connectivity index (χ0) is 36.5. The Morgan fingerprint density at radius 2 is 1.12 bits per heavy atom. The lowest BCUT2D eigenvalue weighted by molar-refractivity contribution is -0.0231. The summed E-state index contributed by atoms with van der Waals surface area (Å²) in [6, 6.07) is 20.2. The maximum Gasteiger partial charge on any atom is 0.121 e. The van der Waals surface area contributed by atoms with Gasteiger partial charge in [-0.1, -0.05) is 68.1 Å². The van der Waals surface area contributed by atoms with Gasteiger partial charge in [-0.2, -0.15) is 0 Å². The van der Waals surface area contributed by atoms with Crippen molar-refractivity contribution in [3.63, 3.8) is 0 Å². The van der Waals surface area contributed by atoms with Gasteiger partial charge in [0.05, 0.1) is 38.1 Å². The molecule has 0 saturated carbocycles. The third kappa shape index (κ3) is 17.3. The molecule has 3 unspecified atom stereocenters. The van der Waals surface area contributed by atoms with Gasteiger partial charge in [0.25, 0.3) is 0 Å². The number of hydrogen-bond acceptors (Lipinski definition) is 10. The molecule has 8 N–H and O–H groups in total. The molecule has 0 saturated heterocycles. The number of rotatable bonds is 29. The molecule has 0 aliphatic heterocycles. The van der Waals surface area contributed by atoms with E-state index in [1.807, 2.05) is 6.07 Å². The molecule has 10 nitrogen and oxygen atoms in total. The normalized spacial score (nSPS) is 13.3. The van der Waals surface area contributed by atoms with E-state index in [0.29, 0.717) is 42.0 Å². The second-order valence-corrected chi connectivity index (χ2v) is 13.3. The molecule has 0 aliphatic rings. The van der Waals surface area contributed by atoms with Gasteiger partial charge in [-0.15, -0.1) is 0 Å². The Bertz CT molecular complexity index is 1330. The minimum absolute atomic E-state index is 0.0341. The second kappa shape index (κ2) is 25.8. The third-order valence-corrected chi connectivity index (χ3v) is 9.12. The van der Waals surface area contributed by atoms with Gasteiger partial charge in [0, 0.05) is 37.4 Å². The van der Waals surface area contributed by atoms with Crippen LogP contribution in [0.2, 0.25) is 0 Å². The van der Waals surface area contributed by atoms with E-state index in [1.165, 1.54) is 17.7 Å². The van der Waals surface area contributed by atoms with Crippen LogP contribution in [0, 0.1) is 0 Å². The molecule has 0 fully saturated rings. The Kier molecular flexibility index (Phi) is 21.4. The molecule has 0 bridgehead atoms. The summed E-state index contributed by atoms with van der Waals surface area (Å²) >= 11 is 0. The maximum absolute atomic E-state index is 10.4. The summed E-state index contributed by atoms with van der Waals surface area (Å²) in [5, 5.41) is 65.5. The zero-order valence-corrected chi connectivity index (χ0v) is 30.2. The minimum atomic E-state index is -0.694. The standard InChI is InChI=1S/C41H62N2O8/c44-29-35-25-33(17-19-38(35)46)40(48)27-42-21-8-1-3-10-23-50-31-37(16-12-15-32-13-6-5-7-14-32)51-24-11-4-2-9-22-43-28-41(49)34-18-20-39(47)36(26-34)30-45/h5-7,13-14,17-20,25-26,37,40-49H,1-4,8-12,15-16,21-24,27-31H2. The molecule has 0 heterocycles. The van der Waals surface area contributed by atoms with E-state index in [-0.39, 0.29) is 30.8 Å². The van der Waals surface area contributed by atoms with Crippen LogP contribution in [0.15, 0.2) is 66.7 Å². The highest BCUT2D eigenvalue weighted by molar-refractivity contribution is 5.37. The van der Waals surface area contributed by atoms with Gasteiger partial charge in [0.2, 0.25) is 0 Å². The van der Waals surface area contributed by atoms with Crippen LogP contribution in [-0.2, 0) is 29.1 Å². The van der Waals surface area contributed by atoms with E-state index >= 15 is 0 Å². The number of benzene rings is 3. The summed E-state index contributed by atoms with van der Waals surface area (Å²) in [7, 11) is 0. The molecule has 0 aromatic heterocycles. The number of aryl methyl sites for hydroxylation is 1. The van der Waals surface area contributed by atoms with E-state index in [4.69, 9.17) is 9.47 Å². The Hall–Kier alpha value is -3.06. The molecule has 3 atom stereocenters. The molecular formula is C41H62N2O8. The van der Waals surface area contributed by atoms with Crippen molar-refractivity contribution >= 4 is 0 Å². The fourth-order valence-electron chi connectivity index (χ4n) is 5.96. The quantitative estimate of drug-likeness (QED) is 0.0427. The van der Waals surface area contributed by atoms with E-state index in [1.54, 1.807) is 24.3 Å². The summed E-state index contributed by atoms with van der Waals surface area (Å²) in [5.74, 6) is 0.0682. The fraction of sp³-hybridized carbons (Fsp3) is 0.561. The molecule has 51 heavy (non-hydrogen) atoms. The van der Waals surface area contributed by atoms with Crippen LogP contribution in [0.1, 0.15) is 104 Å². The number of aliphatic hydroxyl groups excluding tert-OH is 4. The predicted molar refractivity (Wildman–Crippen MR) is 201 cm³/mol. The second-order valence-electron chi connectivity index (χ2n) is 13.3. The highest BCUT2D eigenvalue weighted by Crippen LogP contribution is 2.23. The maximum atomic E-state index is 10.4. The third-order valence-electron chi connectivity index (χ3n) is 9.12. The Morgan fingerprint density at radius 1 is 0.588 bits per heavy atom. The first-order valence-corrected chi connectivity index (χ1v) is 18.8. The van der Waals surface area contributed by atoms with Gasteiger partial charge >= 0.3 is 0 Å². The molecule has 0 radical (unpaired) electrons. The first-order chi connectivity index (χ1) is 24.9. The van der Waals surface area contributed by atoms with Crippen LogP contribution < -0.4 is 10.6 Å². The molecule has 3 rings (SSSR count). The summed E-state index contributed by atoms with van der Waals surface area (Å²) in [5.41, 5.74) is 3.52. The average Bonchev–Trinajstić information content (AvgIpc) is 3.15. The molecular weight excluding hydrogens is 648 g/mol. The highest BCUT2D eigenvalue weighted by Gasteiger charge is 2.12. The van der Waals surface area contributed by atoms with Crippen molar-refractivity contribution in [2.24, 2.45) is 0 Å². The summed E-state index contributed by atoms with van der Waals surface area (Å²) in [6.45, 7) is 3.98. The van der Waals surface area contributed by atoms with Crippen LogP contribution in [0.4, 0.5) is 0 Å². The fourth-order valence-corrected chi connectivity index (χ4v) is 5.96. The Balaban J connectivity index is 1.22. The lowest BCUT2D eigenvalue weighted by atomic mass is 10.1. The summed E-state index contributed by atoms with van der Waals surface area (Å²) < 4.78 is 12.4. The van der Waals surface area contributed by atoms with Crippen molar-refractivity contribution in [3.05, 3.63) is 94.5 Å². The van der Waals surface area contributed by atoms with Crippen LogP contribution in [0.5, 0.6) is 11.5 Å². The molecule has 3 aromatic rings. The number of aliphatic hydroxyl groups is 4. The molecule has 0 spiro atoms. The van der Waals surface area contributed by atoms with E-state index in [0.717, 1.165) is 96.9 Å². The molecule has 0 aliphatic carbocycles. The van der Waals surface area contributed by atoms with Crippen LogP contribution in [-0.4, -0.2) is 82.7 Å². The number of nitrogens with one attached hydrogen (secondary N) is 2. The van der Waals surface area contributed by atoms with Gasteiger partial charge in [0.1, 0.15) is 11.5 Å². The topological polar surface area (TPSA) is 164 Å². The number of unbranched alkanes of at least 4 members (excludes halogenated alkanes) is 6. The number of phenols is 2. The first-order valence-electron chi connectivity index (χ1n) is 18.8. The SMILES string of the molecule is OCc1cc(C(O)CNCCCCCCOCC(CCCc2ccccc2)OCCCCCCNCC(O)c2ccc(O)c(CO)c2)ccc1O. The first kappa shape index (κ1) is 42.4. The van der Waals surface area contributed by atoms with E-state index in [2.05, 4.69) is 34.9 Å². The van der Waals surface area contributed by atoms with Crippen molar-refractivity contribution in [3.8, 4) is 11.5 Å². The number of ether oxygens (including phenoxy) is 2. The van der Waals surface area contributed by atoms with Gasteiger partial charge in [-0.05, 0) is 99.0 Å². The van der Waals surface area contributed by atoms with Crippen LogP contribution in [0.25, 0.3) is 0 Å². The smallest absolute Gasteiger partial charge is 0.121 e. The molecule has 0 amide bonds. The largest absolute Gasteiger partial charge is 0.508 e.